The lowest BCUT2D eigenvalue weighted by Gasteiger charge is -2.08. The number of oxime groups is 1. The Labute approximate surface area is 159 Å². The molecule has 0 unspecified atom stereocenters. The highest BCUT2D eigenvalue weighted by Crippen LogP contribution is 2.15. The maximum absolute atomic E-state index is 13.7. The second kappa shape index (κ2) is 8.76. The van der Waals surface area contributed by atoms with Crippen molar-refractivity contribution in [3.8, 4) is 6.01 Å². The van der Waals surface area contributed by atoms with Gasteiger partial charge in [0, 0.05) is 24.2 Å². The van der Waals surface area contributed by atoms with E-state index in [0.29, 0.717) is 17.7 Å². The molecule has 28 heavy (non-hydrogen) atoms. The molecule has 0 spiro atoms. The molecule has 0 fully saturated rings. The third kappa shape index (κ3) is 4.50. The second-order valence-electron chi connectivity index (χ2n) is 5.50. The highest BCUT2D eigenvalue weighted by atomic mass is 19.1. The molecule has 0 aliphatic carbocycles. The van der Waals surface area contributed by atoms with Crippen molar-refractivity contribution in [2.45, 2.75) is 13.3 Å². The van der Waals surface area contributed by atoms with Gasteiger partial charge in [-0.2, -0.15) is 0 Å². The Morgan fingerprint density at radius 3 is 2.39 bits per heavy atom. The van der Waals surface area contributed by atoms with Gasteiger partial charge >= 0.3 is 6.01 Å². The summed E-state index contributed by atoms with van der Waals surface area (Å²) in [7, 11) is 0. The Hall–Kier alpha value is -3.75. The number of aromatic nitrogens is 3. The number of anilines is 1. The van der Waals surface area contributed by atoms with Crippen LogP contribution in [0, 0.1) is 11.6 Å². The summed E-state index contributed by atoms with van der Waals surface area (Å²) in [4.78, 5) is 29.2. The van der Waals surface area contributed by atoms with Crippen LogP contribution in [0.2, 0.25) is 0 Å². The van der Waals surface area contributed by atoms with Crippen molar-refractivity contribution in [1.82, 2.24) is 15.0 Å². The zero-order chi connectivity index (χ0) is 19.9. The van der Waals surface area contributed by atoms with Gasteiger partial charge in [-0.15, -0.1) is 0 Å². The van der Waals surface area contributed by atoms with Crippen LogP contribution in [-0.4, -0.2) is 26.6 Å². The average molecular weight is 383 g/mol. The van der Waals surface area contributed by atoms with Crippen molar-refractivity contribution >= 4 is 17.4 Å². The van der Waals surface area contributed by atoms with Gasteiger partial charge in [-0.05, 0) is 36.8 Å². The van der Waals surface area contributed by atoms with Crippen LogP contribution in [-0.2, 0) is 0 Å². The van der Waals surface area contributed by atoms with Crippen molar-refractivity contribution in [2.75, 3.05) is 5.32 Å². The molecule has 2 heterocycles. The van der Waals surface area contributed by atoms with E-state index in [9.17, 15) is 13.6 Å². The summed E-state index contributed by atoms with van der Waals surface area (Å²) in [6, 6.07) is 8.11. The van der Waals surface area contributed by atoms with Gasteiger partial charge in [0.1, 0.15) is 23.0 Å². The maximum atomic E-state index is 13.7. The van der Waals surface area contributed by atoms with Crippen LogP contribution in [0.5, 0.6) is 6.01 Å². The van der Waals surface area contributed by atoms with E-state index >= 15 is 0 Å². The molecular weight excluding hydrogens is 368 g/mol. The van der Waals surface area contributed by atoms with E-state index in [-0.39, 0.29) is 11.8 Å². The Kier molecular flexibility index (Phi) is 5.95. The van der Waals surface area contributed by atoms with E-state index in [4.69, 9.17) is 4.84 Å². The number of carbonyl (C=O) groups excluding carboxylic acids is 1. The smallest absolute Gasteiger partial charge is 0.315 e. The fourth-order valence-electron chi connectivity index (χ4n) is 2.28. The van der Waals surface area contributed by atoms with Crippen molar-refractivity contribution in [1.29, 1.82) is 0 Å². The van der Waals surface area contributed by atoms with Gasteiger partial charge in [-0.3, -0.25) is 4.79 Å². The second-order valence-corrected chi connectivity index (χ2v) is 5.50. The molecule has 3 aromatic rings. The molecule has 3 rings (SSSR count). The molecule has 2 aromatic heterocycles. The molecule has 0 saturated carbocycles. The quantitative estimate of drug-likeness (QED) is 0.519. The first kappa shape index (κ1) is 19.0. The Bertz CT molecular complexity index is 975. The van der Waals surface area contributed by atoms with Crippen LogP contribution < -0.4 is 10.2 Å². The van der Waals surface area contributed by atoms with Crippen molar-refractivity contribution < 1.29 is 18.4 Å². The average Bonchev–Trinajstić information content (AvgIpc) is 2.70. The van der Waals surface area contributed by atoms with Crippen LogP contribution >= 0.6 is 0 Å². The first-order valence-electron chi connectivity index (χ1n) is 8.31. The fourth-order valence-corrected chi connectivity index (χ4v) is 2.28. The van der Waals surface area contributed by atoms with E-state index in [1.807, 2.05) is 6.92 Å². The van der Waals surface area contributed by atoms with Gasteiger partial charge in [0.25, 0.3) is 5.91 Å². The maximum Gasteiger partial charge on any atom is 0.345 e. The number of benzene rings is 1. The van der Waals surface area contributed by atoms with E-state index in [1.165, 1.54) is 30.7 Å². The number of rotatable bonds is 6. The van der Waals surface area contributed by atoms with E-state index in [0.717, 1.165) is 12.1 Å². The van der Waals surface area contributed by atoms with Crippen LogP contribution in [0.25, 0.3) is 0 Å². The lowest BCUT2D eigenvalue weighted by molar-refractivity contribution is 0.101. The number of carbonyl (C=O) groups is 1. The Morgan fingerprint density at radius 1 is 1.07 bits per heavy atom. The summed E-state index contributed by atoms with van der Waals surface area (Å²) < 4.78 is 27.4. The molecule has 142 valence electrons. The number of hydrogen-bond acceptors (Lipinski definition) is 6. The number of amides is 1. The molecule has 1 N–H and O–H groups in total. The SMILES string of the molecule is CC/C(=N/Oc1ncccn1)c1ccc(NC(=O)c2c(F)cccc2F)nc1. The first-order chi connectivity index (χ1) is 13.6. The van der Waals surface area contributed by atoms with E-state index < -0.39 is 23.1 Å². The van der Waals surface area contributed by atoms with Crippen molar-refractivity contribution in [3.63, 3.8) is 0 Å². The first-order valence-corrected chi connectivity index (χ1v) is 8.31. The predicted octanol–water partition coefficient (Wildman–Crippen LogP) is 3.60. The molecule has 1 amide bonds. The van der Waals surface area contributed by atoms with Gasteiger partial charge in [0.15, 0.2) is 0 Å². The third-order valence-electron chi connectivity index (χ3n) is 3.64. The summed E-state index contributed by atoms with van der Waals surface area (Å²) in [6.07, 6.45) is 5.06. The number of halogens is 2. The minimum Gasteiger partial charge on any atom is -0.315 e. The standard InChI is InChI=1S/C19H15F2N5O2/c1-2-15(26-28-19-22-9-4-10-23-19)12-7-8-16(24-11-12)25-18(27)17-13(20)5-3-6-14(17)21/h3-11H,2H2,1H3,(H,24,25,27)/b26-15-. The number of hydrogen-bond donors (Lipinski definition) is 1. The molecule has 0 atom stereocenters. The van der Waals surface area contributed by atoms with Crippen molar-refractivity contribution in [3.05, 3.63) is 77.8 Å². The summed E-state index contributed by atoms with van der Waals surface area (Å²) in [5.41, 5.74) is 0.562. The van der Waals surface area contributed by atoms with Gasteiger partial charge in [-0.25, -0.2) is 23.7 Å². The molecule has 7 nitrogen and oxygen atoms in total. The molecule has 1 aromatic carbocycles. The molecule has 0 radical (unpaired) electrons. The summed E-state index contributed by atoms with van der Waals surface area (Å²) in [5.74, 6) is -2.69. The predicted molar refractivity (Wildman–Crippen MR) is 98.0 cm³/mol. The molecule has 0 aliphatic rings. The minimum absolute atomic E-state index is 0.109. The van der Waals surface area contributed by atoms with Crippen LogP contribution in [0.4, 0.5) is 14.6 Å². The minimum atomic E-state index is -0.949. The molecule has 0 aliphatic heterocycles. The largest absolute Gasteiger partial charge is 0.345 e. The highest BCUT2D eigenvalue weighted by molar-refractivity contribution is 6.04. The Morgan fingerprint density at radius 2 is 1.79 bits per heavy atom. The van der Waals surface area contributed by atoms with Gasteiger partial charge in [0.2, 0.25) is 0 Å². The summed E-state index contributed by atoms with van der Waals surface area (Å²) >= 11 is 0. The number of nitrogens with one attached hydrogen (secondary N) is 1. The van der Waals surface area contributed by atoms with Crippen molar-refractivity contribution in [2.24, 2.45) is 5.16 Å². The van der Waals surface area contributed by atoms with E-state index in [2.05, 4.69) is 25.4 Å². The topological polar surface area (TPSA) is 89.4 Å². The third-order valence-corrected chi connectivity index (χ3v) is 3.64. The number of pyridine rings is 1. The lowest BCUT2D eigenvalue weighted by atomic mass is 10.1. The zero-order valence-corrected chi connectivity index (χ0v) is 14.8. The highest BCUT2D eigenvalue weighted by Gasteiger charge is 2.17. The lowest BCUT2D eigenvalue weighted by Crippen LogP contribution is -2.16. The molecule has 0 saturated heterocycles. The molecule has 9 heteroatoms. The monoisotopic (exact) mass is 383 g/mol. The summed E-state index contributed by atoms with van der Waals surface area (Å²) in [5, 5.41) is 6.37. The van der Waals surface area contributed by atoms with E-state index in [1.54, 1.807) is 12.1 Å². The summed E-state index contributed by atoms with van der Waals surface area (Å²) in [6.45, 7) is 1.88. The molecular formula is C19H15F2N5O2. The molecule has 0 bridgehead atoms. The number of nitrogens with zero attached hydrogens (tertiary/aromatic N) is 4. The fraction of sp³-hybridized carbons (Fsp3) is 0.105. The van der Waals surface area contributed by atoms with Gasteiger partial charge in [0.05, 0.1) is 5.71 Å². The van der Waals surface area contributed by atoms with Crippen LogP contribution in [0.15, 0.2) is 60.1 Å². The zero-order valence-electron chi connectivity index (χ0n) is 14.8. The van der Waals surface area contributed by atoms with Gasteiger partial charge in [-0.1, -0.05) is 18.1 Å². The van der Waals surface area contributed by atoms with Crippen LogP contribution in [0.3, 0.4) is 0 Å². The van der Waals surface area contributed by atoms with Gasteiger partial charge < -0.3 is 10.2 Å². The van der Waals surface area contributed by atoms with Crippen LogP contribution in [0.1, 0.15) is 29.3 Å². The normalized spacial score (nSPS) is 11.2. The Balaban J connectivity index is 1.72.